The van der Waals surface area contributed by atoms with E-state index in [0.29, 0.717) is 30.7 Å². The lowest BCUT2D eigenvalue weighted by Crippen LogP contribution is -2.43. The van der Waals surface area contributed by atoms with Gasteiger partial charge in [0, 0.05) is 23.1 Å². The topological polar surface area (TPSA) is 115 Å². The van der Waals surface area contributed by atoms with Crippen LogP contribution in [-0.2, 0) is 14.8 Å². The monoisotopic (exact) mass is 520 g/mol. The highest BCUT2D eigenvalue weighted by molar-refractivity contribution is 9.10. The predicted molar refractivity (Wildman–Crippen MR) is 121 cm³/mol. The molecule has 0 bridgehead atoms. The Kier molecular flexibility index (Phi) is 6.58. The Morgan fingerprint density at radius 2 is 2.00 bits per heavy atom. The predicted octanol–water partition coefficient (Wildman–Crippen LogP) is 3.55. The molecule has 11 heteroatoms. The quantitative estimate of drug-likeness (QED) is 0.528. The SMILES string of the molecule is COc1ccc(S(=O)(=O)N2CCCC(C(=O)Nc3nnc(-c4cccc(Br)c4)o3)C2)cc1. The van der Waals surface area contributed by atoms with Gasteiger partial charge in [-0.3, -0.25) is 10.1 Å². The van der Waals surface area contributed by atoms with Crippen LogP contribution in [-0.4, -0.2) is 49.0 Å². The number of hydrogen-bond acceptors (Lipinski definition) is 7. The molecule has 2 heterocycles. The first-order chi connectivity index (χ1) is 15.4. The molecule has 168 valence electrons. The van der Waals surface area contributed by atoms with Crippen LogP contribution in [0, 0.1) is 5.92 Å². The van der Waals surface area contributed by atoms with Crippen LogP contribution in [0.3, 0.4) is 0 Å². The molecule has 1 fully saturated rings. The number of anilines is 1. The number of methoxy groups -OCH3 is 1. The molecule has 1 N–H and O–H groups in total. The van der Waals surface area contributed by atoms with Crippen molar-refractivity contribution in [1.29, 1.82) is 0 Å². The van der Waals surface area contributed by atoms with E-state index in [2.05, 4.69) is 31.4 Å². The molecule has 9 nitrogen and oxygen atoms in total. The molecule has 1 unspecified atom stereocenters. The van der Waals surface area contributed by atoms with Gasteiger partial charge in [0.1, 0.15) is 5.75 Å². The van der Waals surface area contributed by atoms with Crippen molar-refractivity contribution in [2.24, 2.45) is 5.92 Å². The molecule has 2 aromatic carbocycles. The van der Waals surface area contributed by atoms with Gasteiger partial charge in [-0.1, -0.05) is 27.1 Å². The molecule has 1 aliphatic rings. The summed E-state index contributed by atoms with van der Waals surface area (Å²) < 4.78 is 38.9. The van der Waals surface area contributed by atoms with Crippen molar-refractivity contribution in [3.63, 3.8) is 0 Å². The zero-order chi connectivity index (χ0) is 22.7. The largest absolute Gasteiger partial charge is 0.497 e. The maximum atomic E-state index is 13.0. The summed E-state index contributed by atoms with van der Waals surface area (Å²) >= 11 is 3.38. The minimum absolute atomic E-state index is 0.0277. The third-order valence-corrected chi connectivity index (χ3v) is 7.55. The molecule has 0 radical (unpaired) electrons. The molecule has 1 saturated heterocycles. The van der Waals surface area contributed by atoms with Crippen LogP contribution >= 0.6 is 15.9 Å². The number of rotatable bonds is 6. The van der Waals surface area contributed by atoms with E-state index in [0.717, 1.165) is 4.47 Å². The number of nitrogens with zero attached hydrogens (tertiary/aromatic N) is 3. The molecular formula is C21H21BrN4O5S. The Morgan fingerprint density at radius 1 is 1.22 bits per heavy atom. The van der Waals surface area contributed by atoms with Crippen molar-refractivity contribution >= 4 is 37.9 Å². The van der Waals surface area contributed by atoms with Crippen molar-refractivity contribution in [2.75, 3.05) is 25.5 Å². The summed E-state index contributed by atoms with van der Waals surface area (Å²) in [5.41, 5.74) is 0.710. The lowest BCUT2D eigenvalue weighted by Gasteiger charge is -2.30. The molecule has 0 saturated carbocycles. The summed E-state index contributed by atoms with van der Waals surface area (Å²) in [6.07, 6.45) is 1.13. The summed E-state index contributed by atoms with van der Waals surface area (Å²) in [5, 5.41) is 10.5. The van der Waals surface area contributed by atoms with E-state index in [4.69, 9.17) is 9.15 Å². The molecule has 1 atom stereocenters. The van der Waals surface area contributed by atoms with Crippen LogP contribution in [0.25, 0.3) is 11.5 Å². The number of benzene rings is 2. The zero-order valence-electron chi connectivity index (χ0n) is 17.2. The molecule has 0 spiro atoms. The molecule has 1 amide bonds. The lowest BCUT2D eigenvalue weighted by atomic mass is 9.99. The summed E-state index contributed by atoms with van der Waals surface area (Å²) in [5.74, 6) is -0.0438. The zero-order valence-corrected chi connectivity index (χ0v) is 19.6. The maximum Gasteiger partial charge on any atom is 0.322 e. The second kappa shape index (κ2) is 9.39. The standard InChI is InChI=1S/C21H21BrN4O5S/c1-30-17-7-9-18(10-8-17)32(28,29)26-11-3-5-15(13-26)19(27)23-21-25-24-20(31-21)14-4-2-6-16(22)12-14/h2,4,6-10,12,15H,3,5,11,13H2,1H3,(H,23,25,27). The van der Waals surface area contributed by atoms with Crippen LogP contribution in [0.2, 0.25) is 0 Å². The maximum absolute atomic E-state index is 13.0. The van der Waals surface area contributed by atoms with Crippen molar-refractivity contribution < 1.29 is 22.4 Å². The number of ether oxygens (including phenoxy) is 1. The second-order valence-electron chi connectivity index (χ2n) is 7.29. The number of nitrogens with one attached hydrogen (secondary N) is 1. The Balaban J connectivity index is 1.43. The lowest BCUT2D eigenvalue weighted by molar-refractivity contribution is -0.121. The van der Waals surface area contributed by atoms with E-state index in [1.165, 1.54) is 23.5 Å². The molecule has 4 rings (SSSR count). The number of hydrogen-bond donors (Lipinski definition) is 1. The first kappa shape index (κ1) is 22.4. The van der Waals surface area contributed by atoms with E-state index >= 15 is 0 Å². The van der Waals surface area contributed by atoms with Crippen molar-refractivity contribution in [1.82, 2.24) is 14.5 Å². The summed E-state index contributed by atoms with van der Waals surface area (Å²) in [7, 11) is -2.20. The Morgan fingerprint density at radius 3 is 2.72 bits per heavy atom. The van der Waals surface area contributed by atoms with Crippen molar-refractivity contribution in [2.45, 2.75) is 17.7 Å². The molecule has 1 aliphatic heterocycles. The van der Waals surface area contributed by atoms with E-state index in [9.17, 15) is 13.2 Å². The van der Waals surface area contributed by atoms with Gasteiger partial charge < -0.3 is 9.15 Å². The van der Waals surface area contributed by atoms with Crippen LogP contribution in [0.5, 0.6) is 5.75 Å². The van der Waals surface area contributed by atoms with Crippen molar-refractivity contribution in [3.8, 4) is 17.2 Å². The van der Waals surface area contributed by atoms with Crippen LogP contribution in [0.4, 0.5) is 6.01 Å². The van der Waals surface area contributed by atoms with Crippen LogP contribution < -0.4 is 10.1 Å². The van der Waals surface area contributed by atoms with E-state index in [-0.39, 0.29) is 29.3 Å². The van der Waals surface area contributed by atoms with Crippen molar-refractivity contribution in [3.05, 3.63) is 53.0 Å². The molecule has 32 heavy (non-hydrogen) atoms. The Bertz CT molecular complexity index is 1210. The summed E-state index contributed by atoms with van der Waals surface area (Å²) in [6.45, 7) is 0.429. The highest BCUT2D eigenvalue weighted by Crippen LogP contribution is 2.27. The minimum Gasteiger partial charge on any atom is -0.497 e. The number of carbonyl (C=O) groups excluding carboxylic acids is 1. The number of amides is 1. The van der Waals surface area contributed by atoms with Gasteiger partial charge in [-0.25, -0.2) is 8.42 Å². The first-order valence-electron chi connectivity index (χ1n) is 9.91. The molecular weight excluding hydrogens is 500 g/mol. The fourth-order valence-corrected chi connectivity index (χ4v) is 5.41. The molecule has 0 aliphatic carbocycles. The number of piperidine rings is 1. The van der Waals surface area contributed by atoms with Gasteiger partial charge in [-0.05, 0) is 55.3 Å². The van der Waals surface area contributed by atoms with Gasteiger partial charge in [-0.15, -0.1) is 5.10 Å². The van der Waals surface area contributed by atoms with E-state index < -0.39 is 15.9 Å². The first-order valence-corrected chi connectivity index (χ1v) is 12.1. The molecule has 3 aromatic rings. The number of carbonyl (C=O) groups is 1. The summed E-state index contributed by atoms with van der Waals surface area (Å²) in [6, 6.07) is 13.5. The number of halogens is 1. The van der Waals surface area contributed by atoms with Gasteiger partial charge in [0.2, 0.25) is 21.8 Å². The van der Waals surface area contributed by atoms with Gasteiger partial charge >= 0.3 is 6.01 Å². The van der Waals surface area contributed by atoms with Gasteiger partial charge in [0.15, 0.2) is 0 Å². The van der Waals surface area contributed by atoms with E-state index in [1.807, 2.05) is 24.3 Å². The van der Waals surface area contributed by atoms with Crippen LogP contribution in [0.15, 0.2) is 62.3 Å². The third-order valence-electron chi connectivity index (χ3n) is 5.18. The fraction of sp³-hybridized carbons (Fsp3) is 0.286. The van der Waals surface area contributed by atoms with Gasteiger partial charge in [-0.2, -0.15) is 4.31 Å². The summed E-state index contributed by atoms with van der Waals surface area (Å²) in [4.78, 5) is 12.9. The highest BCUT2D eigenvalue weighted by Gasteiger charge is 2.33. The van der Waals surface area contributed by atoms with Gasteiger partial charge in [0.05, 0.1) is 17.9 Å². The third kappa shape index (κ3) is 4.84. The second-order valence-corrected chi connectivity index (χ2v) is 10.1. The minimum atomic E-state index is -3.72. The highest BCUT2D eigenvalue weighted by atomic mass is 79.9. The molecule has 1 aromatic heterocycles. The average molecular weight is 521 g/mol. The number of sulfonamides is 1. The Hall–Kier alpha value is -2.76. The van der Waals surface area contributed by atoms with Gasteiger partial charge in [0.25, 0.3) is 0 Å². The smallest absolute Gasteiger partial charge is 0.322 e. The Labute approximate surface area is 194 Å². The van der Waals surface area contributed by atoms with E-state index in [1.54, 1.807) is 12.1 Å². The van der Waals surface area contributed by atoms with Crippen LogP contribution in [0.1, 0.15) is 12.8 Å². The average Bonchev–Trinajstić information content (AvgIpc) is 3.27. The fourth-order valence-electron chi connectivity index (χ4n) is 3.49. The normalized spacial score (nSPS) is 17.1. The number of aromatic nitrogens is 2.